The van der Waals surface area contributed by atoms with Gasteiger partial charge in [-0.15, -0.1) is 0 Å². The number of nitrogens with zero attached hydrogens (tertiary/aromatic N) is 4. The van der Waals surface area contributed by atoms with E-state index in [4.69, 9.17) is 0 Å². The third-order valence-electron chi connectivity index (χ3n) is 3.90. The van der Waals surface area contributed by atoms with Crippen LogP contribution in [0.5, 0.6) is 0 Å². The Morgan fingerprint density at radius 3 is 3.04 bits per heavy atom. The molecule has 114 valence electrons. The summed E-state index contributed by atoms with van der Waals surface area (Å²) in [5.41, 5.74) is 3.39. The van der Waals surface area contributed by atoms with Crippen LogP contribution in [0.4, 0.5) is 17.5 Å². The van der Waals surface area contributed by atoms with Gasteiger partial charge in [-0.1, -0.05) is 0 Å². The molecule has 0 amide bonds. The van der Waals surface area contributed by atoms with E-state index < -0.39 is 0 Å². The van der Waals surface area contributed by atoms with E-state index in [9.17, 15) is 0 Å². The summed E-state index contributed by atoms with van der Waals surface area (Å²) < 4.78 is 0. The van der Waals surface area contributed by atoms with Gasteiger partial charge in [-0.05, 0) is 31.0 Å². The van der Waals surface area contributed by atoms with Crippen LogP contribution in [0.2, 0.25) is 0 Å². The highest BCUT2D eigenvalue weighted by Crippen LogP contribution is 2.28. The van der Waals surface area contributed by atoms with Crippen LogP contribution in [0.15, 0.2) is 30.7 Å². The summed E-state index contributed by atoms with van der Waals surface area (Å²) in [5, 5.41) is 14.7. The first-order valence-corrected chi connectivity index (χ1v) is 7.53. The van der Waals surface area contributed by atoms with Crippen molar-refractivity contribution in [3.05, 3.63) is 30.7 Å². The Labute approximate surface area is 130 Å². The molecule has 4 aromatic rings. The number of aromatic amines is 2. The lowest BCUT2D eigenvalue weighted by atomic mass is 10.2. The van der Waals surface area contributed by atoms with Crippen molar-refractivity contribution < 1.29 is 0 Å². The molecule has 0 bridgehead atoms. The van der Waals surface area contributed by atoms with Crippen LogP contribution in [0.25, 0.3) is 22.1 Å². The zero-order chi connectivity index (χ0) is 15.2. The highest BCUT2D eigenvalue weighted by Gasteiger charge is 2.23. The Morgan fingerprint density at radius 2 is 2.13 bits per heavy atom. The summed E-state index contributed by atoms with van der Waals surface area (Å²) in [6.07, 6.45) is 5.79. The number of hydrogen-bond donors (Lipinski definition) is 4. The number of imidazole rings is 1. The molecule has 3 heterocycles. The van der Waals surface area contributed by atoms with Gasteiger partial charge < -0.3 is 15.6 Å². The highest BCUT2D eigenvalue weighted by atomic mass is 15.2. The van der Waals surface area contributed by atoms with Gasteiger partial charge in [0.15, 0.2) is 11.5 Å². The minimum absolute atomic E-state index is 0.506. The third-order valence-corrected chi connectivity index (χ3v) is 3.90. The topological polar surface area (TPSA) is 107 Å². The molecule has 1 aliphatic carbocycles. The number of fused-ring (bicyclic) bond motifs is 2. The molecule has 4 N–H and O–H groups in total. The Bertz CT molecular complexity index is 997. The molecular formula is C15H14N8. The van der Waals surface area contributed by atoms with Crippen LogP contribution in [-0.4, -0.2) is 36.2 Å². The summed E-state index contributed by atoms with van der Waals surface area (Å²) in [6, 6.07) is 6.45. The van der Waals surface area contributed by atoms with Crippen molar-refractivity contribution >= 4 is 39.5 Å². The molecular weight excluding hydrogens is 292 g/mol. The van der Waals surface area contributed by atoms with Crippen molar-refractivity contribution in [1.82, 2.24) is 30.1 Å². The van der Waals surface area contributed by atoms with Gasteiger partial charge in [0.05, 0.1) is 18.0 Å². The second-order valence-corrected chi connectivity index (χ2v) is 5.71. The number of anilines is 3. The maximum Gasteiger partial charge on any atom is 0.231 e. The molecule has 5 rings (SSSR count). The average Bonchev–Trinajstić information content (AvgIpc) is 3.06. The SMILES string of the molecule is c1nc2nc(Nc3ccc4[nH]ncc4c3)nc(NC3CC3)c2[nH]1. The summed E-state index contributed by atoms with van der Waals surface area (Å²) in [4.78, 5) is 16.4. The maximum atomic E-state index is 4.59. The van der Waals surface area contributed by atoms with E-state index in [0.717, 1.165) is 27.9 Å². The second kappa shape index (κ2) is 4.67. The lowest BCUT2D eigenvalue weighted by Gasteiger charge is -2.09. The predicted molar refractivity (Wildman–Crippen MR) is 87.7 cm³/mol. The van der Waals surface area contributed by atoms with Gasteiger partial charge in [-0.2, -0.15) is 15.1 Å². The second-order valence-electron chi connectivity index (χ2n) is 5.71. The van der Waals surface area contributed by atoms with Gasteiger partial charge in [-0.25, -0.2) is 4.98 Å². The normalized spacial score (nSPS) is 14.4. The Morgan fingerprint density at radius 1 is 1.17 bits per heavy atom. The monoisotopic (exact) mass is 306 g/mol. The minimum atomic E-state index is 0.506. The number of rotatable bonds is 4. The molecule has 1 fully saturated rings. The number of hydrogen-bond acceptors (Lipinski definition) is 6. The quantitative estimate of drug-likeness (QED) is 0.461. The Hall–Kier alpha value is -3.16. The molecule has 1 aliphatic rings. The molecule has 0 saturated heterocycles. The van der Waals surface area contributed by atoms with E-state index in [1.165, 1.54) is 12.8 Å². The molecule has 0 spiro atoms. The van der Waals surface area contributed by atoms with E-state index in [1.54, 1.807) is 12.5 Å². The number of aromatic nitrogens is 6. The van der Waals surface area contributed by atoms with Crippen molar-refractivity contribution in [2.24, 2.45) is 0 Å². The summed E-state index contributed by atoms with van der Waals surface area (Å²) in [6.45, 7) is 0. The summed E-state index contributed by atoms with van der Waals surface area (Å²) >= 11 is 0. The molecule has 0 atom stereocenters. The van der Waals surface area contributed by atoms with Crippen LogP contribution in [0.1, 0.15) is 12.8 Å². The molecule has 0 aliphatic heterocycles. The predicted octanol–water partition coefficient (Wildman–Crippen LogP) is 2.55. The van der Waals surface area contributed by atoms with E-state index in [0.29, 0.717) is 17.6 Å². The zero-order valence-corrected chi connectivity index (χ0v) is 12.2. The molecule has 8 nitrogen and oxygen atoms in total. The van der Waals surface area contributed by atoms with E-state index in [1.807, 2.05) is 18.2 Å². The smallest absolute Gasteiger partial charge is 0.231 e. The van der Waals surface area contributed by atoms with Gasteiger partial charge in [0.1, 0.15) is 5.52 Å². The number of H-pyrrole nitrogens is 2. The van der Waals surface area contributed by atoms with Gasteiger partial charge >= 0.3 is 0 Å². The number of nitrogens with one attached hydrogen (secondary N) is 4. The van der Waals surface area contributed by atoms with Crippen LogP contribution in [-0.2, 0) is 0 Å². The summed E-state index contributed by atoms with van der Waals surface area (Å²) in [7, 11) is 0. The van der Waals surface area contributed by atoms with Crippen LogP contribution >= 0.6 is 0 Å². The molecule has 0 unspecified atom stereocenters. The summed E-state index contributed by atoms with van der Waals surface area (Å²) in [5.74, 6) is 1.32. The highest BCUT2D eigenvalue weighted by molar-refractivity contribution is 5.85. The fraction of sp³-hybridized carbons (Fsp3) is 0.200. The van der Waals surface area contributed by atoms with Crippen LogP contribution in [0, 0.1) is 0 Å². The van der Waals surface area contributed by atoms with Gasteiger partial charge in [-0.3, -0.25) is 5.10 Å². The van der Waals surface area contributed by atoms with Gasteiger partial charge in [0.2, 0.25) is 5.95 Å². The fourth-order valence-electron chi connectivity index (χ4n) is 2.56. The van der Waals surface area contributed by atoms with E-state index in [-0.39, 0.29) is 0 Å². The average molecular weight is 306 g/mol. The van der Waals surface area contributed by atoms with Crippen molar-refractivity contribution in [2.75, 3.05) is 10.6 Å². The number of benzene rings is 1. The lowest BCUT2D eigenvalue weighted by molar-refractivity contribution is 1.10. The fourth-order valence-corrected chi connectivity index (χ4v) is 2.56. The molecule has 23 heavy (non-hydrogen) atoms. The van der Waals surface area contributed by atoms with Gasteiger partial charge in [0.25, 0.3) is 0 Å². The Kier molecular flexibility index (Phi) is 2.51. The first-order valence-electron chi connectivity index (χ1n) is 7.53. The van der Waals surface area contributed by atoms with Crippen LogP contribution < -0.4 is 10.6 Å². The van der Waals surface area contributed by atoms with E-state index >= 15 is 0 Å². The lowest BCUT2D eigenvalue weighted by Crippen LogP contribution is -2.07. The molecule has 3 aromatic heterocycles. The molecule has 1 saturated carbocycles. The van der Waals surface area contributed by atoms with Crippen molar-refractivity contribution in [2.45, 2.75) is 18.9 Å². The molecule has 8 heteroatoms. The Balaban J connectivity index is 1.53. The van der Waals surface area contributed by atoms with E-state index in [2.05, 4.69) is 40.8 Å². The molecule has 1 aromatic carbocycles. The standard InChI is InChI=1S/C15H14N8/c1-2-9(1)19-14-12-13(17-7-16-12)21-15(22-14)20-10-3-4-11-8(5-10)6-18-23-11/h3-7,9H,1-2H2,(H,18,23)(H3,16,17,19,20,21,22). The van der Waals surface area contributed by atoms with Crippen molar-refractivity contribution in [1.29, 1.82) is 0 Å². The van der Waals surface area contributed by atoms with Crippen molar-refractivity contribution in [3.63, 3.8) is 0 Å². The van der Waals surface area contributed by atoms with Crippen LogP contribution in [0.3, 0.4) is 0 Å². The van der Waals surface area contributed by atoms with Gasteiger partial charge in [0, 0.05) is 17.1 Å². The minimum Gasteiger partial charge on any atom is -0.365 e. The molecule has 0 radical (unpaired) electrons. The zero-order valence-electron chi connectivity index (χ0n) is 12.2. The first kappa shape index (κ1) is 12.4. The first-order chi connectivity index (χ1) is 11.3. The third kappa shape index (κ3) is 2.24. The maximum absolute atomic E-state index is 4.59. The largest absolute Gasteiger partial charge is 0.365 e. The van der Waals surface area contributed by atoms with Crippen molar-refractivity contribution in [3.8, 4) is 0 Å².